The van der Waals surface area contributed by atoms with E-state index in [1.165, 1.54) is 44.1 Å². The van der Waals surface area contributed by atoms with Crippen LogP contribution in [0.4, 0.5) is 17.6 Å². The van der Waals surface area contributed by atoms with E-state index in [4.69, 9.17) is 9.97 Å². The largest absolute Gasteiger partial charge is 0.367 e. The Morgan fingerprint density at radius 1 is 0.971 bits per heavy atom. The summed E-state index contributed by atoms with van der Waals surface area (Å²) in [7, 11) is 4.15. The molecule has 2 aliphatic carbocycles. The molecule has 184 valence electrons. The molecule has 0 radical (unpaired) electrons. The molecule has 1 saturated heterocycles. The van der Waals surface area contributed by atoms with Crippen molar-refractivity contribution in [2.45, 2.75) is 58.0 Å². The Hall–Kier alpha value is -2.34. The zero-order valence-corrected chi connectivity index (χ0v) is 21.3. The van der Waals surface area contributed by atoms with Crippen LogP contribution in [-0.4, -0.2) is 61.2 Å². The van der Waals surface area contributed by atoms with Crippen LogP contribution in [0.15, 0.2) is 36.4 Å². The minimum Gasteiger partial charge on any atom is -0.367 e. The van der Waals surface area contributed by atoms with Crippen molar-refractivity contribution in [3.8, 4) is 0 Å². The molecule has 0 spiro atoms. The zero-order valence-electron chi connectivity index (χ0n) is 21.3. The maximum absolute atomic E-state index is 5.05. The third-order valence-corrected chi connectivity index (χ3v) is 8.37. The Morgan fingerprint density at radius 2 is 1.76 bits per heavy atom. The third-order valence-electron chi connectivity index (χ3n) is 8.37. The molecule has 0 amide bonds. The summed E-state index contributed by atoms with van der Waals surface area (Å²) in [5.74, 6) is 5.52. The van der Waals surface area contributed by atoms with Gasteiger partial charge in [0.25, 0.3) is 0 Å². The number of benzene rings is 1. The lowest BCUT2D eigenvalue weighted by Crippen LogP contribution is -2.46. The number of nitrogens with one attached hydrogen (secondary N) is 1. The molecular weight excluding hydrogens is 420 g/mol. The van der Waals surface area contributed by atoms with E-state index in [1.54, 1.807) is 0 Å². The van der Waals surface area contributed by atoms with E-state index in [0.29, 0.717) is 6.04 Å². The summed E-state index contributed by atoms with van der Waals surface area (Å²) in [6.45, 7) is 7.40. The predicted octanol–water partition coefficient (Wildman–Crippen LogP) is 4.88. The van der Waals surface area contributed by atoms with E-state index in [1.807, 2.05) is 0 Å². The van der Waals surface area contributed by atoms with E-state index in [-0.39, 0.29) is 0 Å². The van der Waals surface area contributed by atoms with Crippen molar-refractivity contribution in [2.75, 3.05) is 55.4 Å². The molecule has 3 fully saturated rings. The van der Waals surface area contributed by atoms with Crippen LogP contribution in [-0.2, 0) is 6.54 Å². The fraction of sp³-hybridized carbons (Fsp3) is 0.643. The van der Waals surface area contributed by atoms with Gasteiger partial charge in [0, 0.05) is 58.9 Å². The highest BCUT2D eigenvalue weighted by Gasteiger charge is 2.37. The monoisotopic (exact) mass is 462 g/mol. The highest BCUT2D eigenvalue weighted by atomic mass is 15.3. The summed E-state index contributed by atoms with van der Waals surface area (Å²) >= 11 is 0. The first-order chi connectivity index (χ1) is 16.6. The van der Waals surface area contributed by atoms with Crippen LogP contribution in [0.2, 0.25) is 0 Å². The molecule has 2 aromatic rings. The van der Waals surface area contributed by atoms with Gasteiger partial charge in [-0.2, -0.15) is 9.97 Å². The number of hydrogen-bond acceptors (Lipinski definition) is 6. The van der Waals surface area contributed by atoms with E-state index < -0.39 is 0 Å². The Bertz CT molecular complexity index is 924. The van der Waals surface area contributed by atoms with Gasteiger partial charge in [0.2, 0.25) is 5.95 Å². The second-order valence-corrected chi connectivity index (χ2v) is 11.0. The van der Waals surface area contributed by atoms with Crippen LogP contribution in [0.1, 0.15) is 51.0 Å². The van der Waals surface area contributed by atoms with Crippen LogP contribution in [0.3, 0.4) is 0 Å². The highest BCUT2D eigenvalue weighted by Crippen LogP contribution is 2.44. The molecule has 1 N–H and O–H groups in total. The van der Waals surface area contributed by atoms with Gasteiger partial charge in [-0.25, -0.2) is 0 Å². The van der Waals surface area contributed by atoms with E-state index in [2.05, 4.69) is 77.4 Å². The lowest BCUT2D eigenvalue weighted by molar-refractivity contribution is 0.123. The van der Waals surface area contributed by atoms with Crippen LogP contribution >= 0.6 is 0 Å². The highest BCUT2D eigenvalue weighted by molar-refractivity contribution is 5.54. The van der Waals surface area contributed by atoms with Crippen LogP contribution in [0.25, 0.3) is 0 Å². The van der Waals surface area contributed by atoms with Gasteiger partial charge in [-0.1, -0.05) is 43.7 Å². The fourth-order valence-corrected chi connectivity index (χ4v) is 6.36. The Balaban J connectivity index is 1.26. The molecule has 6 heteroatoms. The average Bonchev–Trinajstić information content (AvgIpc) is 2.86. The van der Waals surface area contributed by atoms with Gasteiger partial charge in [0.15, 0.2) is 0 Å². The minimum atomic E-state index is 0.547. The van der Waals surface area contributed by atoms with Crippen LogP contribution in [0.5, 0.6) is 0 Å². The van der Waals surface area contributed by atoms with Crippen molar-refractivity contribution in [3.05, 3.63) is 42.0 Å². The smallest absolute Gasteiger partial charge is 0.229 e. The molecule has 2 heterocycles. The Labute approximate surface area is 205 Å². The standard InChI is InChI=1S/C28H42N6/c1-4-21-16-23-10-11-25(24(17-21)18-23)29-26-19-27(32(2)3)31-28(30-26)34-14-12-33(13-15-34)20-22-8-6-5-7-9-22/h5-9,19,21,23-25H,4,10-18,20H2,1-3H3,(H,29,30,31). The maximum Gasteiger partial charge on any atom is 0.229 e. The van der Waals surface area contributed by atoms with E-state index in [9.17, 15) is 0 Å². The second kappa shape index (κ2) is 10.5. The summed E-state index contributed by atoms with van der Waals surface area (Å²) in [6, 6.07) is 13.5. The first-order valence-electron chi connectivity index (χ1n) is 13.4. The first-order valence-corrected chi connectivity index (χ1v) is 13.4. The lowest BCUT2D eigenvalue weighted by atomic mass is 9.65. The SMILES string of the molecule is CCC1CC2CCC(Nc3cc(N(C)C)nc(N4CCN(Cc5ccccc5)CC4)n3)C(C1)C2. The number of piperazine rings is 1. The maximum atomic E-state index is 5.05. The number of fused-ring (bicyclic) bond motifs is 2. The van der Waals surface area contributed by atoms with E-state index >= 15 is 0 Å². The molecule has 1 aliphatic heterocycles. The normalized spacial score (nSPS) is 27.4. The molecule has 1 aromatic heterocycles. The van der Waals surface area contributed by atoms with Crippen molar-refractivity contribution in [2.24, 2.45) is 17.8 Å². The topological polar surface area (TPSA) is 47.5 Å². The molecule has 1 aromatic carbocycles. The van der Waals surface area contributed by atoms with Gasteiger partial charge in [-0.3, -0.25) is 4.90 Å². The van der Waals surface area contributed by atoms with Crippen LogP contribution < -0.4 is 15.1 Å². The van der Waals surface area contributed by atoms with Gasteiger partial charge in [-0.05, 0) is 55.4 Å². The van der Waals surface area contributed by atoms with Crippen molar-refractivity contribution >= 4 is 17.6 Å². The Morgan fingerprint density at radius 3 is 2.50 bits per heavy atom. The molecule has 2 bridgehead atoms. The predicted molar refractivity (Wildman–Crippen MR) is 142 cm³/mol. The summed E-state index contributed by atoms with van der Waals surface area (Å²) in [4.78, 5) is 17.0. The van der Waals surface area contributed by atoms with Crippen molar-refractivity contribution in [1.82, 2.24) is 14.9 Å². The van der Waals surface area contributed by atoms with Gasteiger partial charge in [-0.15, -0.1) is 0 Å². The van der Waals surface area contributed by atoms with Gasteiger partial charge < -0.3 is 15.1 Å². The number of aromatic nitrogens is 2. The molecule has 3 aliphatic rings. The van der Waals surface area contributed by atoms with Gasteiger partial charge >= 0.3 is 0 Å². The third kappa shape index (κ3) is 5.48. The molecule has 4 unspecified atom stereocenters. The first kappa shape index (κ1) is 23.4. The quantitative estimate of drug-likeness (QED) is 0.633. The fourth-order valence-electron chi connectivity index (χ4n) is 6.36. The molecule has 4 atom stereocenters. The second-order valence-electron chi connectivity index (χ2n) is 11.0. The van der Waals surface area contributed by atoms with Crippen LogP contribution in [0, 0.1) is 17.8 Å². The van der Waals surface area contributed by atoms with E-state index in [0.717, 1.165) is 68.1 Å². The summed E-state index contributed by atoms with van der Waals surface area (Å²) in [5, 5.41) is 3.88. The van der Waals surface area contributed by atoms with Crippen molar-refractivity contribution in [1.29, 1.82) is 0 Å². The number of rotatable bonds is 7. The summed E-state index contributed by atoms with van der Waals surface area (Å²) < 4.78 is 0. The summed E-state index contributed by atoms with van der Waals surface area (Å²) in [5.41, 5.74) is 1.39. The molecule has 34 heavy (non-hydrogen) atoms. The molecule has 6 nitrogen and oxygen atoms in total. The molecule has 2 saturated carbocycles. The minimum absolute atomic E-state index is 0.547. The zero-order chi connectivity index (χ0) is 23.5. The average molecular weight is 463 g/mol. The van der Waals surface area contributed by atoms with Crippen molar-refractivity contribution < 1.29 is 0 Å². The summed E-state index contributed by atoms with van der Waals surface area (Å²) in [6.07, 6.45) is 8.21. The Kier molecular flexibility index (Phi) is 7.23. The molecular formula is C28H42N6. The molecule has 5 rings (SSSR count). The van der Waals surface area contributed by atoms with Crippen molar-refractivity contribution in [3.63, 3.8) is 0 Å². The number of hydrogen-bond donors (Lipinski definition) is 1. The number of anilines is 3. The van der Waals surface area contributed by atoms with Gasteiger partial charge in [0.1, 0.15) is 11.6 Å². The number of nitrogens with zero attached hydrogens (tertiary/aromatic N) is 5. The van der Waals surface area contributed by atoms with Gasteiger partial charge in [0.05, 0.1) is 0 Å². The lowest BCUT2D eigenvalue weighted by Gasteiger charge is -2.44.